The fourth-order valence-corrected chi connectivity index (χ4v) is 4.56. The lowest BCUT2D eigenvalue weighted by Gasteiger charge is -2.27. The summed E-state index contributed by atoms with van der Waals surface area (Å²) in [6.07, 6.45) is -4.23. The lowest BCUT2D eigenvalue weighted by molar-refractivity contribution is -0.126. The lowest BCUT2D eigenvalue weighted by atomic mass is 9.95. The summed E-state index contributed by atoms with van der Waals surface area (Å²) in [7, 11) is 1.51. The number of nitrogens with zero attached hydrogens (tertiary/aromatic N) is 2. The van der Waals surface area contributed by atoms with Crippen LogP contribution in [-0.2, 0) is 29.0 Å². The molecule has 202 valence electrons. The average molecular weight is 539 g/mol. The summed E-state index contributed by atoms with van der Waals surface area (Å²) in [4.78, 5) is 51.5. The Bertz CT molecular complexity index is 1300. The van der Waals surface area contributed by atoms with Gasteiger partial charge >= 0.3 is 18.2 Å². The van der Waals surface area contributed by atoms with E-state index in [2.05, 4.69) is 10.6 Å². The van der Waals surface area contributed by atoms with E-state index in [0.717, 1.165) is 17.7 Å². The van der Waals surface area contributed by atoms with Crippen molar-refractivity contribution in [2.45, 2.75) is 31.1 Å². The second-order valence-electron chi connectivity index (χ2n) is 9.14. The molecule has 0 aromatic heterocycles. The molecule has 38 heavy (non-hydrogen) atoms. The third-order valence-corrected chi connectivity index (χ3v) is 6.40. The molecule has 0 bridgehead atoms. The number of benzene rings is 2. The maximum Gasteiger partial charge on any atom is 0.405 e. The van der Waals surface area contributed by atoms with Crippen LogP contribution in [0.5, 0.6) is 0 Å². The molecule has 2 aliphatic rings. The molecule has 1 saturated heterocycles. The third-order valence-electron chi connectivity index (χ3n) is 6.40. The van der Waals surface area contributed by atoms with Gasteiger partial charge in [-0.1, -0.05) is 6.07 Å². The van der Waals surface area contributed by atoms with Crippen LogP contribution >= 0.6 is 0 Å². The molecular weight excluding hydrogens is 517 g/mol. The van der Waals surface area contributed by atoms with Crippen LogP contribution in [-0.4, -0.2) is 65.5 Å². The molecule has 4 rings (SSSR count). The van der Waals surface area contributed by atoms with Gasteiger partial charge in [0.15, 0.2) is 0 Å². The zero-order chi connectivity index (χ0) is 27.8. The number of hydrogen-bond donors (Lipinski definition) is 3. The van der Waals surface area contributed by atoms with Gasteiger partial charge in [0.2, 0.25) is 5.91 Å². The topological polar surface area (TPSA) is 111 Å². The number of anilines is 1. The monoisotopic (exact) mass is 539 g/mol. The summed E-state index contributed by atoms with van der Waals surface area (Å²) in [5.74, 6) is -3.14. The number of imide groups is 1. The van der Waals surface area contributed by atoms with Crippen LogP contribution in [0.2, 0.25) is 0 Å². The van der Waals surface area contributed by atoms with Crippen LogP contribution in [0.1, 0.15) is 16.7 Å². The number of likely N-dealkylation sites (N-methyl/N-ethyl adjacent to an activating group) is 1. The number of urea groups is 2. The Morgan fingerprint density at radius 3 is 2.32 bits per heavy atom. The van der Waals surface area contributed by atoms with E-state index in [9.17, 15) is 41.1 Å². The third kappa shape index (κ3) is 5.68. The first kappa shape index (κ1) is 26.8. The number of alkyl halides is 3. The summed E-state index contributed by atoms with van der Waals surface area (Å²) in [6.45, 7) is -2.95. The molecule has 14 heteroatoms. The van der Waals surface area contributed by atoms with Gasteiger partial charge in [-0.15, -0.1) is 0 Å². The van der Waals surface area contributed by atoms with E-state index >= 15 is 0 Å². The van der Waals surface area contributed by atoms with Gasteiger partial charge in [-0.05, 0) is 41.0 Å². The second-order valence-corrected chi connectivity index (χ2v) is 9.14. The zero-order valence-corrected chi connectivity index (χ0v) is 19.9. The second kappa shape index (κ2) is 9.91. The predicted molar refractivity (Wildman–Crippen MR) is 123 cm³/mol. The van der Waals surface area contributed by atoms with Crippen LogP contribution in [0.3, 0.4) is 0 Å². The fourth-order valence-electron chi connectivity index (χ4n) is 4.56. The van der Waals surface area contributed by atoms with E-state index in [1.165, 1.54) is 11.9 Å². The zero-order valence-electron chi connectivity index (χ0n) is 19.9. The molecule has 1 spiro atoms. The molecule has 1 fully saturated rings. The predicted octanol–water partition coefficient (Wildman–Crippen LogP) is 2.70. The van der Waals surface area contributed by atoms with Gasteiger partial charge in [-0.25, -0.2) is 18.4 Å². The van der Waals surface area contributed by atoms with Gasteiger partial charge in [-0.2, -0.15) is 13.2 Å². The van der Waals surface area contributed by atoms with Crippen molar-refractivity contribution in [3.8, 4) is 0 Å². The highest BCUT2D eigenvalue weighted by atomic mass is 19.4. The number of fused-ring (bicyclic) bond motifs is 1. The van der Waals surface area contributed by atoms with Crippen molar-refractivity contribution in [3.05, 3.63) is 64.7 Å². The molecule has 1 atom stereocenters. The molecule has 3 N–H and O–H groups in total. The Morgan fingerprint density at radius 2 is 1.71 bits per heavy atom. The number of hydrogen-bond acceptors (Lipinski definition) is 4. The Morgan fingerprint density at radius 1 is 1.05 bits per heavy atom. The summed E-state index contributed by atoms with van der Waals surface area (Å²) >= 11 is 0. The minimum Gasteiger partial charge on any atom is -0.329 e. The van der Waals surface area contributed by atoms with Crippen LogP contribution < -0.4 is 16.0 Å². The average Bonchev–Trinajstić information content (AvgIpc) is 3.28. The Balaban J connectivity index is 1.47. The Labute approximate surface area is 212 Å². The summed E-state index contributed by atoms with van der Waals surface area (Å²) in [5, 5.41) is 6.45. The maximum atomic E-state index is 13.6. The van der Waals surface area contributed by atoms with Gasteiger partial charge in [0.05, 0.1) is 0 Å². The maximum absolute atomic E-state index is 13.6. The molecule has 2 aromatic carbocycles. The van der Waals surface area contributed by atoms with Crippen molar-refractivity contribution in [2.24, 2.45) is 0 Å². The fraction of sp³-hybridized carbons (Fsp3) is 0.333. The first-order chi connectivity index (χ1) is 17.8. The summed E-state index contributed by atoms with van der Waals surface area (Å²) < 4.78 is 65.0. The molecule has 1 heterocycles. The molecule has 0 unspecified atom stereocenters. The highest BCUT2D eigenvalue weighted by Gasteiger charge is 2.54. The molecule has 9 nitrogen and oxygen atoms in total. The van der Waals surface area contributed by atoms with Gasteiger partial charge in [0.25, 0.3) is 5.91 Å². The lowest BCUT2D eigenvalue weighted by Crippen LogP contribution is -2.48. The van der Waals surface area contributed by atoms with Crippen molar-refractivity contribution in [2.75, 3.05) is 25.5 Å². The molecular formula is C24H22F5N5O4. The van der Waals surface area contributed by atoms with Crippen molar-refractivity contribution in [3.63, 3.8) is 0 Å². The SMILES string of the molecule is CN1C(=O)NC(=O)[C@@]12Cc1ccc(NC(=O)CN(Cc3cc(F)cc(F)c3)C(=O)NCC(F)(F)F)cc1C2. The molecule has 0 saturated carbocycles. The van der Waals surface area contributed by atoms with E-state index in [4.69, 9.17) is 0 Å². The Kier molecular flexibility index (Phi) is 7.00. The van der Waals surface area contributed by atoms with Crippen LogP contribution in [0.25, 0.3) is 0 Å². The summed E-state index contributed by atoms with van der Waals surface area (Å²) in [6, 6.07) is 5.40. The van der Waals surface area contributed by atoms with Gasteiger partial charge in [-0.3, -0.25) is 14.9 Å². The van der Waals surface area contributed by atoms with Gasteiger partial charge < -0.3 is 20.4 Å². The van der Waals surface area contributed by atoms with Crippen molar-refractivity contribution in [1.82, 2.24) is 20.4 Å². The van der Waals surface area contributed by atoms with E-state index in [1.54, 1.807) is 23.5 Å². The number of carbonyl (C=O) groups is 4. The molecule has 2 aromatic rings. The van der Waals surface area contributed by atoms with E-state index < -0.39 is 66.9 Å². The number of nitrogens with one attached hydrogen (secondary N) is 3. The number of rotatable bonds is 6. The highest BCUT2D eigenvalue weighted by Crippen LogP contribution is 2.38. The standard InChI is InChI=1S/C24H22F5N5O4/c1-33-22(38)32-20(36)23(33)8-14-2-3-18(6-15(14)9-23)31-19(35)11-34(21(37)30-12-24(27,28)29)10-13-4-16(25)7-17(26)5-13/h2-7H,8-12H2,1H3,(H,30,37)(H,31,35)(H,32,36,38)/t23-/m0/s1. The van der Waals surface area contributed by atoms with E-state index in [1.807, 2.05) is 0 Å². The van der Waals surface area contributed by atoms with Crippen molar-refractivity contribution < 1.29 is 41.1 Å². The molecule has 1 aliphatic heterocycles. The molecule has 0 radical (unpaired) electrons. The number of carbonyl (C=O) groups excluding carboxylic acids is 4. The van der Waals surface area contributed by atoms with Crippen molar-refractivity contribution >= 4 is 29.6 Å². The quantitative estimate of drug-likeness (QED) is 0.387. The van der Waals surface area contributed by atoms with E-state index in [0.29, 0.717) is 16.5 Å². The van der Waals surface area contributed by atoms with Crippen LogP contribution in [0, 0.1) is 11.6 Å². The van der Waals surface area contributed by atoms with Crippen LogP contribution in [0.15, 0.2) is 36.4 Å². The van der Waals surface area contributed by atoms with Crippen LogP contribution in [0.4, 0.5) is 37.2 Å². The number of halogens is 5. The molecule has 6 amide bonds. The van der Waals surface area contributed by atoms with Crippen molar-refractivity contribution in [1.29, 1.82) is 0 Å². The highest BCUT2D eigenvalue weighted by molar-refractivity contribution is 6.07. The van der Waals surface area contributed by atoms with E-state index in [-0.39, 0.29) is 24.1 Å². The van der Waals surface area contributed by atoms with Gasteiger partial charge in [0.1, 0.15) is 30.3 Å². The normalized spacial score (nSPS) is 18.4. The minimum absolute atomic E-state index is 0.0752. The largest absolute Gasteiger partial charge is 0.405 e. The van der Waals surface area contributed by atoms with Gasteiger partial charge in [0, 0.05) is 38.2 Å². The number of amides is 6. The first-order valence-corrected chi connectivity index (χ1v) is 11.3. The minimum atomic E-state index is -4.72. The summed E-state index contributed by atoms with van der Waals surface area (Å²) in [5.41, 5.74) is 0.630. The molecule has 1 aliphatic carbocycles. The smallest absolute Gasteiger partial charge is 0.329 e. The first-order valence-electron chi connectivity index (χ1n) is 11.3. The Hall–Kier alpha value is -4.23.